The van der Waals surface area contributed by atoms with Gasteiger partial charge in [0.25, 0.3) is 10.1 Å². The van der Waals surface area contributed by atoms with Gasteiger partial charge in [0.15, 0.2) is 0 Å². The smallest absolute Gasteiger partial charge is 0.266 e. The Hall–Kier alpha value is -0.700. The zero-order chi connectivity index (χ0) is 24.9. The zero-order valence-corrected chi connectivity index (χ0v) is 21.9. The molecule has 0 heterocycles. The molecule has 4 saturated carbocycles. The first kappa shape index (κ1) is 26.4. The van der Waals surface area contributed by atoms with Crippen molar-refractivity contribution in [3.05, 3.63) is 0 Å². The average molecular weight is 500 g/mol. The van der Waals surface area contributed by atoms with Crippen molar-refractivity contribution in [3.63, 3.8) is 0 Å². The number of rotatable bonds is 7. The minimum Gasteiger partial charge on any atom is -0.393 e. The minimum absolute atomic E-state index is 0.0625. The van der Waals surface area contributed by atoms with Gasteiger partial charge >= 0.3 is 0 Å². The molecule has 196 valence electrons. The Morgan fingerprint density at radius 3 is 2.41 bits per heavy atom. The maximum absolute atomic E-state index is 12.2. The molecule has 10 atom stereocenters. The van der Waals surface area contributed by atoms with Gasteiger partial charge in [0, 0.05) is 13.0 Å². The van der Waals surface area contributed by atoms with Crippen LogP contribution >= 0.6 is 0 Å². The molecule has 0 aromatic rings. The van der Waals surface area contributed by atoms with E-state index in [1.165, 1.54) is 6.42 Å². The predicted molar refractivity (Wildman–Crippen MR) is 130 cm³/mol. The van der Waals surface area contributed by atoms with E-state index in [1.807, 2.05) is 0 Å². The maximum Gasteiger partial charge on any atom is 0.266 e. The number of nitrogens with one attached hydrogen (secondary N) is 1. The molecule has 4 rings (SSSR count). The average Bonchev–Trinajstić information content (AvgIpc) is 3.09. The quantitative estimate of drug-likeness (QED) is 0.398. The first-order chi connectivity index (χ1) is 15.8. The van der Waals surface area contributed by atoms with Crippen molar-refractivity contribution in [1.82, 2.24) is 5.32 Å². The van der Waals surface area contributed by atoms with Crippen molar-refractivity contribution >= 4 is 16.0 Å². The highest BCUT2D eigenvalue weighted by molar-refractivity contribution is 7.85. The third kappa shape index (κ3) is 4.94. The van der Waals surface area contributed by atoms with Gasteiger partial charge in [-0.25, -0.2) is 0 Å². The highest BCUT2D eigenvalue weighted by Crippen LogP contribution is 2.68. The molecule has 0 aromatic heterocycles. The summed E-state index contributed by atoms with van der Waals surface area (Å²) in [5, 5.41) is 24.2. The second kappa shape index (κ2) is 9.64. The summed E-state index contributed by atoms with van der Waals surface area (Å²) in [6.07, 6.45) is 8.87. The van der Waals surface area contributed by atoms with Crippen LogP contribution in [-0.4, -0.2) is 53.6 Å². The van der Waals surface area contributed by atoms with E-state index in [4.69, 9.17) is 4.55 Å². The summed E-state index contributed by atoms with van der Waals surface area (Å²) in [5.74, 6) is 2.10. The van der Waals surface area contributed by atoms with Crippen LogP contribution in [0.2, 0.25) is 0 Å². The fourth-order valence-electron chi connectivity index (χ4n) is 9.14. The highest BCUT2D eigenvalue weighted by atomic mass is 32.2. The van der Waals surface area contributed by atoms with E-state index in [1.54, 1.807) is 0 Å². The minimum atomic E-state index is -4.06. The Labute approximate surface area is 205 Å². The summed E-state index contributed by atoms with van der Waals surface area (Å²) in [7, 11) is -4.06. The van der Waals surface area contributed by atoms with Crippen LogP contribution in [0.1, 0.15) is 85.0 Å². The number of aliphatic hydroxyl groups is 2. The Kier molecular flexibility index (Phi) is 7.47. The summed E-state index contributed by atoms with van der Waals surface area (Å²) in [6.45, 7) is 7.05. The van der Waals surface area contributed by atoms with Gasteiger partial charge in [-0.05, 0) is 104 Å². The summed E-state index contributed by atoms with van der Waals surface area (Å²) < 4.78 is 30.5. The van der Waals surface area contributed by atoms with Gasteiger partial charge in [0.05, 0.1) is 18.0 Å². The Morgan fingerprint density at radius 1 is 1.03 bits per heavy atom. The van der Waals surface area contributed by atoms with Crippen molar-refractivity contribution in [2.45, 2.75) is 97.2 Å². The number of carbonyl (C=O) groups excluding carboxylic acids is 1. The van der Waals surface area contributed by atoms with E-state index in [0.29, 0.717) is 41.9 Å². The van der Waals surface area contributed by atoms with Gasteiger partial charge in [-0.3, -0.25) is 9.35 Å². The molecule has 7 nitrogen and oxygen atoms in total. The lowest BCUT2D eigenvalue weighted by atomic mass is 9.43. The lowest BCUT2D eigenvalue weighted by Gasteiger charge is -2.62. The van der Waals surface area contributed by atoms with Gasteiger partial charge in [0.1, 0.15) is 0 Å². The largest absolute Gasteiger partial charge is 0.393 e. The second-order valence-corrected chi connectivity index (χ2v) is 14.2. The molecule has 0 spiro atoms. The SMILES string of the molecule is C[C@@H](CCC(=O)NCCS(=O)(=O)O)[C@H]1CC[C@H]2[C@H]3[C@@H](CC[C@]12C)[C@@]1(C)CC[C@@H](O)C[C@H]1C[C@@H]3O. The van der Waals surface area contributed by atoms with E-state index < -0.39 is 15.9 Å². The molecule has 0 radical (unpaired) electrons. The Bertz CT molecular complexity index is 863. The van der Waals surface area contributed by atoms with Gasteiger partial charge in [0.2, 0.25) is 5.91 Å². The van der Waals surface area contributed by atoms with Crippen molar-refractivity contribution in [2.24, 2.45) is 46.3 Å². The first-order valence-electron chi connectivity index (χ1n) is 13.4. The molecule has 4 aliphatic carbocycles. The van der Waals surface area contributed by atoms with Gasteiger partial charge in [-0.2, -0.15) is 8.42 Å². The maximum atomic E-state index is 12.2. The van der Waals surface area contributed by atoms with Crippen LogP contribution in [0.5, 0.6) is 0 Å². The lowest BCUT2D eigenvalue weighted by Crippen LogP contribution is -2.58. The fourth-order valence-corrected chi connectivity index (χ4v) is 9.50. The number of hydrogen-bond acceptors (Lipinski definition) is 5. The van der Waals surface area contributed by atoms with Crippen LogP contribution in [0, 0.1) is 46.3 Å². The summed E-state index contributed by atoms with van der Waals surface area (Å²) in [5.41, 5.74) is 0.411. The molecule has 0 unspecified atom stereocenters. The molecule has 4 N–H and O–H groups in total. The second-order valence-electron chi connectivity index (χ2n) is 12.6. The molecule has 34 heavy (non-hydrogen) atoms. The van der Waals surface area contributed by atoms with Gasteiger partial charge in [-0.15, -0.1) is 0 Å². The van der Waals surface area contributed by atoms with Crippen molar-refractivity contribution < 1.29 is 28.0 Å². The highest BCUT2D eigenvalue weighted by Gasteiger charge is 2.62. The molecular formula is C26H45NO6S. The molecule has 4 aliphatic rings. The van der Waals surface area contributed by atoms with Crippen molar-refractivity contribution in [3.8, 4) is 0 Å². The summed E-state index contributed by atoms with van der Waals surface area (Å²) >= 11 is 0. The van der Waals surface area contributed by atoms with Crippen LogP contribution in [0.25, 0.3) is 0 Å². The standard InChI is InChI=1S/C26H45NO6S/c1-16(4-7-23(30)27-12-13-34(31,32)33)19-5-6-20-24-21(9-11-26(19,20)3)25(2)10-8-18(28)14-17(25)15-22(24)29/h16-22,24,28-29H,4-15H2,1-3H3,(H,27,30)(H,31,32,33)/t16-,17-,18+,19+,20-,21+,22-,24-,25-,26+/m0/s1. The molecule has 0 aliphatic heterocycles. The molecule has 0 saturated heterocycles. The number of aliphatic hydroxyl groups excluding tert-OH is 2. The third-order valence-electron chi connectivity index (χ3n) is 10.9. The lowest BCUT2D eigenvalue weighted by molar-refractivity contribution is -0.174. The molecule has 8 heteroatoms. The van der Waals surface area contributed by atoms with Crippen molar-refractivity contribution in [2.75, 3.05) is 12.3 Å². The Balaban J connectivity index is 1.39. The van der Waals surface area contributed by atoms with E-state index in [2.05, 4.69) is 26.1 Å². The predicted octanol–water partition coefficient (Wildman–Crippen LogP) is 3.40. The normalized spacial score (nSPS) is 45.1. The number of hydrogen-bond donors (Lipinski definition) is 4. The summed E-state index contributed by atoms with van der Waals surface area (Å²) in [6, 6.07) is 0. The molecule has 0 bridgehead atoms. The van der Waals surface area contributed by atoms with Crippen LogP contribution in [0.3, 0.4) is 0 Å². The first-order valence-corrected chi connectivity index (χ1v) is 15.0. The fraction of sp³-hybridized carbons (Fsp3) is 0.962. The summed E-state index contributed by atoms with van der Waals surface area (Å²) in [4.78, 5) is 12.2. The zero-order valence-electron chi connectivity index (χ0n) is 21.1. The monoisotopic (exact) mass is 499 g/mol. The van der Waals surface area contributed by atoms with Crippen LogP contribution in [0.15, 0.2) is 0 Å². The molecular weight excluding hydrogens is 454 g/mol. The van der Waals surface area contributed by atoms with Crippen molar-refractivity contribution in [1.29, 1.82) is 0 Å². The van der Waals surface area contributed by atoms with Crippen LogP contribution in [-0.2, 0) is 14.9 Å². The van der Waals surface area contributed by atoms with Crippen LogP contribution in [0.4, 0.5) is 0 Å². The Morgan fingerprint density at radius 2 is 1.71 bits per heavy atom. The number of fused-ring (bicyclic) bond motifs is 5. The van der Waals surface area contributed by atoms with Crippen LogP contribution < -0.4 is 5.32 Å². The van der Waals surface area contributed by atoms with E-state index in [9.17, 15) is 23.4 Å². The molecule has 4 fully saturated rings. The van der Waals surface area contributed by atoms with Gasteiger partial charge in [-0.1, -0.05) is 20.8 Å². The number of amides is 1. The third-order valence-corrected chi connectivity index (χ3v) is 11.6. The molecule has 0 aromatic carbocycles. The molecule has 1 amide bonds. The number of carbonyl (C=O) groups is 1. The topological polar surface area (TPSA) is 124 Å². The van der Waals surface area contributed by atoms with E-state index in [-0.39, 0.29) is 35.5 Å². The van der Waals surface area contributed by atoms with Gasteiger partial charge < -0.3 is 15.5 Å². The van der Waals surface area contributed by atoms with E-state index in [0.717, 1.165) is 51.4 Å². The van der Waals surface area contributed by atoms with E-state index >= 15 is 0 Å².